The van der Waals surface area contributed by atoms with Crippen molar-refractivity contribution >= 4 is 29.0 Å². The van der Waals surface area contributed by atoms with E-state index in [1.807, 2.05) is 0 Å². The molecule has 0 radical (unpaired) electrons. The summed E-state index contributed by atoms with van der Waals surface area (Å²) in [7, 11) is 0. The minimum absolute atomic E-state index is 0.00536. The molecule has 0 saturated carbocycles. The van der Waals surface area contributed by atoms with E-state index < -0.39 is 0 Å². The molecule has 0 spiro atoms. The molecule has 108 valence electrons. The lowest BCUT2D eigenvalue weighted by molar-refractivity contribution is 0.0344. The van der Waals surface area contributed by atoms with Crippen LogP contribution in [-0.2, 0) is 0 Å². The van der Waals surface area contributed by atoms with Crippen molar-refractivity contribution in [1.29, 1.82) is 0 Å². The van der Waals surface area contributed by atoms with E-state index in [-0.39, 0.29) is 11.9 Å². The van der Waals surface area contributed by atoms with Crippen molar-refractivity contribution in [1.82, 2.24) is 4.90 Å². The van der Waals surface area contributed by atoms with Crippen LogP contribution in [0.4, 0.5) is 0 Å². The first-order valence-electron chi connectivity index (χ1n) is 6.96. The zero-order chi connectivity index (χ0) is 14.3. The molecule has 2 unspecified atom stereocenters. The third-order valence-corrected chi connectivity index (χ3v) is 4.98. The van der Waals surface area contributed by atoms with E-state index in [0.29, 0.717) is 34.2 Å². The summed E-state index contributed by atoms with van der Waals surface area (Å²) in [5.74, 6) is 0.00536. The van der Waals surface area contributed by atoms with E-state index in [4.69, 9.17) is 23.2 Å². The van der Waals surface area contributed by atoms with Crippen LogP contribution in [0, 0.1) is 0 Å². The first-order valence-corrected chi connectivity index (χ1v) is 7.72. The standard InChI is InChI=1S/C15H17Cl2NO2/c16-9-1-4-14(17)13(5-9)15(20)8-18-10-2-3-11(18)7-12(19)6-10/h1,4-5,10-12,19H,2-3,6-8H2. The highest BCUT2D eigenvalue weighted by molar-refractivity contribution is 6.36. The van der Waals surface area contributed by atoms with Crippen molar-refractivity contribution in [2.75, 3.05) is 6.54 Å². The number of halogens is 2. The summed E-state index contributed by atoms with van der Waals surface area (Å²) >= 11 is 12.0. The molecule has 0 amide bonds. The molecule has 1 aromatic rings. The van der Waals surface area contributed by atoms with E-state index in [1.165, 1.54) is 0 Å². The van der Waals surface area contributed by atoms with Crippen LogP contribution in [0.5, 0.6) is 0 Å². The van der Waals surface area contributed by atoms with Gasteiger partial charge < -0.3 is 5.11 Å². The second-order valence-electron chi connectivity index (χ2n) is 5.73. The fourth-order valence-corrected chi connectivity index (χ4v) is 3.86. The van der Waals surface area contributed by atoms with Crippen molar-refractivity contribution < 1.29 is 9.90 Å². The van der Waals surface area contributed by atoms with Crippen LogP contribution < -0.4 is 0 Å². The number of hydrogen-bond donors (Lipinski definition) is 1. The van der Waals surface area contributed by atoms with Crippen LogP contribution in [0.15, 0.2) is 18.2 Å². The number of rotatable bonds is 3. The van der Waals surface area contributed by atoms with E-state index in [0.717, 1.165) is 25.7 Å². The van der Waals surface area contributed by atoms with Gasteiger partial charge in [0.2, 0.25) is 0 Å². The molecular formula is C15H17Cl2NO2. The zero-order valence-corrected chi connectivity index (χ0v) is 12.6. The predicted octanol–water partition coefficient (Wildman–Crippen LogP) is 3.16. The normalized spacial score (nSPS) is 29.6. The van der Waals surface area contributed by atoms with Crippen LogP contribution in [-0.4, -0.2) is 40.5 Å². The molecule has 2 aliphatic rings. The highest BCUT2D eigenvalue weighted by atomic mass is 35.5. The van der Waals surface area contributed by atoms with Gasteiger partial charge in [-0.1, -0.05) is 23.2 Å². The lowest BCUT2D eigenvalue weighted by atomic mass is 9.99. The SMILES string of the molecule is O=C(CN1C2CCC1CC(O)C2)c1cc(Cl)ccc1Cl. The molecule has 0 aromatic heterocycles. The Hall–Kier alpha value is -0.610. The molecule has 2 fully saturated rings. The summed E-state index contributed by atoms with van der Waals surface area (Å²) in [4.78, 5) is 14.7. The molecule has 0 aliphatic carbocycles. The van der Waals surface area contributed by atoms with Crippen molar-refractivity contribution in [2.45, 2.75) is 43.9 Å². The number of ketones is 1. The number of aliphatic hydroxyl groups is 1. The minimum atomic E-state index is -0.214. The van der Waals surface area contributed by atoms with Gasteiger partial charge in [-0.25, -0.2) is 0 Å². The lowest BCUT2D eigenvalue weighted by Gasteiger charge is -2.36. The number of aliphatic hydroxyl groups excluding tert-OH is 1. The van der Waals surface area contributed by atoms with Gasteiger partial charge in [-0.05, 0) is 43.9 Å². The Morgan fingerprint density at radius 3 is 2.55 bits per heavy atom. The van der Waals surface area contributed by atoms with Crippen LogP contribution >= 0.6 is 23.2 Å². The number of hydrogen-bond acceptors (Lipinski definition) is 3. The van der Waals surface area contributed by atoms with Gasteiger partial charge >= 0.3 is 0 Å². The topological polar surface area (TPSA) is 40.5 Å². The van der Waals surface area contributed by atoms with Crippen LogP contribution in [0.2, 0.25) is 10.0 Å². The lowest BCUT2D eigenvalue weighted by Crippen LogP contribution is -2.46. The number of carbonyl (C=O) groups is 1. The third kappa shape index (κ3) is 2.73. The molecule has 1 N–H and O–H groups in total. The Morgan fingerprint density at radius 1 is 1.25 bits per heavy atom. The third-order valence-electron chi connectivity index (χ3n) is 4.41. The number of fused-ring (bicyclic) bond motifs is 2. The molecule has 1 aromatic carbocycles. The molecule has 2 atom stereocenters. The quantitative estimate of drug-likeness (QED) is 0.871. The van der Waals surface area contributed by atoms with Crippen LogP contribution in [0.1, 0.15) is 36.0 Å². The maximum absolute atomic E-state index is 12.4. The average Bonchev–Trinajstić information content (AvgIpc) is 2.64. The number of piperidine rings is 1. The Bertz CT molecular complexity index is 521. The van der Waals surface area contributed by atoms with Gasteiger partial charge in [0.1, 0.15) is 0 Å². The molecule has 2 saturated heterocycles. The van der Waals surface area contributed by atoms with E-state index >= 15 is 0 Å². The first-order chi connectivity index (χ1) is 9.54. The first kappa shape index (κ1) is 14.3. The molecule has 2 heterocycles. The van der Waals surface area contributed by atoms with Gasteiger partial charge in [0.25, 0.3) is 0 Å². The van der Waals surface area contributed by atoms with Crippen LogP contribution in [0.3, 0.4) is 0 Å². The molecule has 20 heavy (non-hydrogen) atoms. The highest BCUT2D eigenvalue weighted by Crippen LogP contribution is 2.36. The molecular weight excluding hydrogens is 297 g/mol. The summed E-state index contributed by atoms with van der Waals surface area (Å²) in [6, 6.07) is 5.62. The summed E-state index contributed by atoms with van der Waals surface area (Å²) < 4.78 is 0. The number of nitrogens with zero attached hydrogens (tertiary/aromatic N) is 1. The summed E-state index contributed by atoms with van der Waals surface area (Å²) in [6.45, 7) is 0.363. The minimum Gasteiger partial charge on any atom is -0.393 e. The second-order valence-corrected chi connectivity index (χ2v) is 6.57. The van der Waals surface area contributed by atoms with Gasteiger partial charge in [-0.15, -0.1) is 0 Å². The highest BCUT2D eigenvalue weighted by Gasteiger charge is 2.40. The maximum Gasteiger partial charge on any atom is 0.178 e. The van der Waals surface area contributed by atoms with Crippen LogP contribution in [0.25, 0.3) is 0 Å². The van der Waals surface area contributed by atoms with Crippen molar-refractivity contribution in [2.24, 2.45) is 0 Å². The van der Waals surface area contributed by atoms with Crippen molar-refractivity contribution in [3.05, 3.63) is 33.8 Å². The number of carbonyl (C=O) groups excluding carboxylic acids is 1. The predicted molar refractivity (Wildman–Crippen MR) is 79.5 cm³/mol. The van der Waals surface area contributed by atoms with Crippen molar-refractivity contribution in [3.8, 4) is 0 Å². The Kier molecular flexibility index (Phi) is 4.04. The largest absolute Gasteiger partial charge is 0.393 e. The molecule has 2 bridgehead atoms. The van der Waals surface area contributed by atoms with E-state index in [9.17, 15) is 9.90 Å². The molecule has 5 heteroatoms. The van der Waals surface area contributed by atoms with Gasteiger partial charge in [-0.2, -0.15) is 0 Å². The molecule has 2 aliphatic heterocycles. The Balaban J connectivity index is 1.75. The van der Waals surface area contributed by atoms with Gasteiger partial charge in [0.05, 0.1) is 17.7 Å². The summed E-state index contributed by atoms with van der Waals surface area (Å²) in [5, 5.41) is 10.8. The monoisotopic (exact) mass is 313 g/mol. The fourth-order valence-electron chi connectivity index (χ4n) is 3.47. The number of Topliss-reactive ketones (excluding diaryl/α,β-unsaturated/α-hetero) is 1. The van der Waals surface area contributed by atoms with Gasteiger partial charge in [0.15, 0.2) is 5.78 Å². The Labute approximate surface area is 128 Å². The van der Waals surface area contributed by atoms with Crippen molar-refractivity contribution in [3.63, 3.8) is 0 Å². The number of benzene rings is 1. The second kappa shape index (κ2) is 5.64. The van der Waals surface area contributed by atoms with Gasteiger partial charge in [0, 0.05) is 22.7 Å². The smallest absolute Gasteiger partial charge is 0.178 e. The zero-order valence-electron chi connectivity index (χ0n) is 11.1. The Morgan fingerprint density at radius 2 is 1.90 bits per heavy atom. The summed E-state index contributed by atoms with van der Waals surface area (Å²) in [6.07, 6.45) is 3.46. The van der Waals surface area contributed by atoms with E-state index in [2.05, 4.69) is 4.90 Å². The molecule has 3 rings (SSSR count). The molecule has 3 nitrogen and oxygen atoms in total. The average molecular weight is 314 g/mol. The summed E-state index contributed by atoms with van der Waals surface area (Å²) in [5.41, 5.74) is 0.490. The maximum atomic E-state index is 12.4. The van der Waals surface area contributed by atoms with E-state index in [1.54, 1.807) is 18.2 Å². The fraction of sp³-hybridized carbons (Fsp3) is 0.533. The van der Waals surface area contributed by atoms with Gasteiger partial charge in [-0.3, -0.25) is 9.69 Å².